The molecule has 0 unspecified atom stereocenters. The first-order valence-corrected chi connectivity index (χ1v) is 14.4. The summed E-state index contributed by atoms with van der Waals surface area (Å²) in [5, 5.41) is 3.39. The van der Waals surface area contributed by atoms with Crippen molar-refractivity contribution in [2.24, 2.45) is 0 Å². The van der Waals surface area contributed by atoms with Crippen LogP contribution in [0, 0.1) is 0 Å². The Labute approximate surface area is 205 Å². The molecule has 1 aliphatic rings. The van der Waals surface area contributed by atoms with Crippen LogP contribution in [-0.2, 0) is 24.7 Å². The van der Waals surface area contributed by atoms with Gasteiger partial charge in [0.15, 0.2) is 15.5 Å². The van der Waals surface area contributed by atoms with E-state index in [2.05, 4.69) is 5.32 Å². The van der Waals surface area contributed by atoms with Gasteiger partial charge in [-0.1, -0.05) is 36.4 Å². The van der Waals surface area contributed by atoms with E-state index in [4.69, 9.17) is 4.74 Å². The third kappa shape index (κ3) is 6.47. The Morgan fingerprint density at radius 3 is 2.31 bits per heavy atom. The van der Waals surface area contributed by atoms with Crippen molar-refractivity contribution in [3.05, 3.63) is 60.0 Å². The Bertz CT molecular complexity index is 1300. The van der Waals surface area contributed by atoms with Crippen molar-refractivity contribution in [3.8, 4) is 16.9 Å². The third-order valence-electron chi connectivity index (χ3n) is 5.78. The molecule has 0 saturated carbocycles. The summed E-state index contributed by atoms with van der Waals surface area (Å²) in [6.45, 7) is 1.16. The average molecular weight is 525 g/mol. The monoisotopic (exact) mass is 524 g/mol. The smallest absolute Gasteiger partial charge is 0.258 e. The fourth-order valence-electron chi connectivity index (χ4n) is 3.80. The van der Waals surface area contributed by atoms with E-state index in [9.17, 15) is 21.6 Å². The van der Waals surface area contributed by atoms with Gasteiger partial charge in [0.25, 0.3) is 5.91 Å². The standard InChI is InChI=1S/C24H29FN2O6S2/c1-18(11-16-34(3,29)30)26-23(28)24(25)12-14-27(15-13-24)35(31,32)22-10-9-20(33-2)17-21(22)19-7-5-4-6-8-19/h4-11,16-18H,12-15H2,1-3H3,(H,26,28)/b16-11-/t18-/m1/s1. The van der Waals surface area contributed by atoms with Crippen LogP contribution in [0.3, 0.4) is 0 Å². The lowest BCUT2D eigenvalue weighted by atomic mass is 9.93. The molecule has 11 heteroatoms. The Morgan fingerprint density at radius 2 is 1.74 bits per heavy atom. The summed E-state index contributed by atoms with van der Waals surface area (Å²) in [4.78, 5) is 12.6. The Morgan fingerprint density at radius 1 is 1.11 bits per heavy atom. The molecule has 35 heavy (non-hydrogen) atoms. The summed E-state index contributed by atoms with van der Waals surface area (Å²) in [5.41, 5.74) is -1.11. The van der Waals surface area contributed by atoms with Crippen molar-refractivity contribution in [2.75, 3.05) is 26.5 Å². The van der Waals surface area contributed by atoms with Crippen LogP contribution in [0.15, 0.2) is 64.9 Å². The van der Waals surface area contributed by atoms with E-state index in [0.717, 1.165) is 11.7 Å². The molecule has 0 aliphatic carbocycles. The van der Waals surface area contributed by atoms with Gasteiger partial charge >= 0.3 is 0 Å². The van der Waals surface area contributed by atoms with Gasteiger partial charge in [0, 0.05) is 49.2 Å². The molecule has 1 aliphatic heterocycles. The molecule has 2 aromatic carbocycles. The van der Waals surface area contributed by atoms with Crippen LogP contribution in [0.1, 0.15) is 19.8 Å². The summed E-state index contributed by atoms with van der Waals surface area (Å²) in [6, 6.07) is 13.0. The van der Waals surface area contributed by atoms with Gasteiger partial charge in [-0.05, 0) is 30.7 Å². The zero-order chi connectivity index (χ0) is 25.9. The van der Waals surface area contributed by atoms with E-state index in [1.54, 1.807) is 36.4 Å². The number of sulfone groups is 1. The minimum atomic E-state index is -3.99. The molecule has 3 rings (SSSR count). The summed E-state index contributed by atoms with van der Waals surface area (Å²) >= 11 is 0. The highest BCUT2D eigenvalue weighted by atomic mass is 32.2. The first-order chi connectivity index (χ1) is 16.4. The minimum absolute atomic E-state index is 0.0693. The van der Waals surface area contributed by atoms with E-state index in [0.29, 0.717) is 16.9 Å². The molecule has 1 fully saturated rings. The lowest BCUT2D eigenvalue weighted by Crippen LogP contribution is -2.53. The number of rotatable bonds is 8. The van der Waals surface area contributed by atoms with Crippen molar-refractivity contribution >= 4 is 25.8 Å². The number of piperidine rings is 1. The largest absolute Gasteiger partial charge is 0.497 e. The minimum Gasteiger partial charge on any atom is -0.497 e. The highest BCUT2D eigenvalue weighted by molar-refractivity contribution is 7.93. The zero-order valence-corrected chi connectivity index (χ0v) is 21.4. The fraction of sp³-hybridized carbons (Fsp3) is 0.375. The molecule has 0 radical (unpaired) electrons. The van der Waals surface area contributed by atoms with E-state index < -0.39 is 37.5 Å². The van der Waals surface area contributed by atoms with E-state index in [1.165, 1.54) is 30.5 Å². The predicted octanol–water partition coefficient (Wildman–Crippen LogP) is 2.92. The number of amides is 1. The van der Waals surface area contributed by atoms with Crippen LogP contribution in [0.2, 0.25) is 0 Å². The van der Waals surface area contributed by atoms with Crippen LogP contribution < -0.4 is 10.1 Å². The number of methoxy groups -OCH3 is 1. The fourth-order valence-corrected chi connectivity index (χ4v) is 5.95. The summed E-state index contributed by atoms with van der Waals surface area (Å²) in [6.07, 6.45) is 1.62. The summed E-state index contributed by atoms with van der Waals surface area (Å²) in [7, 11) is -5.88. The molecule has 0 aromatic heterocycles. The number of halogens is 1. The number of ether oxygens (including phenoxy) is 1. The second-order valence-corrected chi connectivity index (χ2v) is 12.4. The Hall–Kier alpha value is -2.76. The predicted molar refractivity (Wildman–Crippen MR) is 132 cm³/mol. The molecule has 1 N–H and O–H groups in total. The first-order valence-electron chi connectivity index (χ1n) is 11.0. The van der Waals surface area contributed by atoms with Gasteiger partial charge in [0.05, 0.1) is 12.0 Å². The highest BCUT2D eigenvalue weighted by Gasteiger charge is 2.44. The van der Waals surface area contributed by atoms with Gasteiger partial charge in [-0.2, -0.15) is 4.31 Å². The number of sulfonamides is 1. The maximum Gasteiger partial charge on any atom is 0.258 e. The van der Waals surface area contributed by atoms with Crippen LogP contribution in [0.5, 0.6) is 5.75 Å². The molecule has 1 atom stereocenters. The molecule has 0 spiro atoms. The van der Waals surface area contributed by atoms with Crippen molar-refractivity contribution in [1.29, 1.82) is 0 Å². The molecule has 1 amide bonds. The number of nitrogens with zero attached hydrogens (tertiary/aromatic N) is 1. The second kappa shape index (κ2) is 10.5. The summed E-state index contributed by atoms with van der Waals surface area (Å²) < 4.78 is 71.4. The lowest BCUT2D eigenvalue weighted by Gasteiger charge is -2.35. The molecule has 190 valence electrons. The van der Waals surface area contributed by atoms with Crippen molar-refractivity contribution in [2.45, 2.75) is 36.4 Å². The summed E-state index contributed by atoms with van der Waals surface area (Å²) in [5.74, 6) is -0.394. The number of nitrogens with one attached hydrogen (secondary N) is 1. The van der Waals surface area contributed by atoms with Crippen LogP contribution in [0.4, 0.5) is 4.39 Å². The first kappa shape index (κ1) is 26.8. The van der Waals surface area contributed by atoms with Crippen molar-refractivity contribution in [1.82, 2.24) is 9.62 Å². The Balaban J connectivity index is 1.78. The second-order valence-electron chi connectivity index (χ2n) is 8.52. The molecular weight excluding hydrogens is 495 g/mol. The average Bonchev–Trinajstić information content (AvgIpc) is 2.82. The maximum absolute atomic E-state index is 15.4. The molecule has 2 aromatic rings. The number of benzene rings is 2. The van der Waals surface area contributed by atoms with Gasteiger partial charge in [0.1, 0.15) is 5.75 Å². The van der Waals surface area contributed by atoms with Crippen LogP contribution >= 0.6 is 0 Å². The zero-order valence-electron chi connectivity index (χ0n) is 19.8. The third-order valence-corrected chi connectivity index (χ3v) is 8.39. The molecule has 1 heterocycles. The Kier molecular flexibility index (Phi) is 8.03. The van der Waals surface area contributed by atoms with Gasteiger partial charge in [0.2, 0.25) is 10.0 Å². The van der Waals surface area contributed by atoms with E-state index in [1.807, 2.05) is 6.07 Å². The highest BCUT2D eigenvalue weighted by Crippen LogP contribution is 2.35. The number of carbonyl (C=O) groups is 1. The molecule has 8 nitrogen and oxygen atoms in total. The number of hydrogen-bond donors (Lipinski definition) is 1. The van der Waals surface area contributed by atoms with Gasteiger partial charge < -0.3 is 10.1 Å². The van der Waals surface area contributed by atoms with Crippen LogP contribution in [-0.4, -0.2) is 65.2 Å². The number of carbonyl (C=O) groups excluding carboxylic acids is 1. The SMILES string of the molecule is COc1ccc(S(=O)(=O)N2CCC(F)(C(=O)N[C@H](C)/C=C\S(C)(=O)=O)CC2)c(-c2ccccc2)c1. The van der Waals surface area contributed by atoms with Gasteiger partial charge in [-0.3, -0.25) is 4.79 Å². The molecule has 1 saturated heterocycles. The molecule has 0 bridgehead atoms. The van der Waals surface area contributed by atoms with E-state index in [-0.39, 0.29) is 30.8 Å². The van der Waals surface area contributed by atoms with Crippen molar-refractivity contribution < 1.29 is 30.8 Å². The number of hydrogen-bond acceptors (Lipinski definition) is 6. The van der Waals surface area contributed by atoms with Gasteiger partial charge in [-0.15, -0.1) is 0 Å². The molecular formula is C24H29FN2O6S2. The normalized spacial score (nSPS) is 17.7. The quantitative estimate of drug-likeness (QED) is 0.569. The van der Waals surface area contributed by atoms with Gasteiger partial charge in [-0.25, -0.2) is 21.2 Å². The van der Waals surface area contributed by atoms with Crippen LogP contribution in [0.25, 0.3) is 11.1 Å². The topological polar surface area (TPSA) is 110 Å². The maximum atomic E-state index is 15.4. The number of alkyl halides is 1. The van der Waals surface area contributed by atoms with E-state index >= 15 is 4.39 Å². The lowest BCUT2D eigenvalue weighted by molar-refractivity contribution is -0.135. The van der Waals surface area contributed by atoms with Crippen molar-refractivity contribution in [3.63, 3.8) is 0 Å².